The molecule has 0 radical (unpaired) electrons. The number of nitrogens with one attached hydrogen (secondary N) is 1. The van der Waals surface area contributed by atoms with Crippen LogP contribution in [0, 0.1) is 0 Å². The van der Waals surface area contributed by atoms with Crippen LogP contribution in [0.15, 0.2) is 24.4 Å². The normalized spacial score (nSPS) is 19.4. The van der Waals surface area contributed by atoms with Gasteiger partial charge >= 0.3 is 0 Å². The molecule has 4 heteroatoms. The zero-order valence-electron chi connectivity index (χ0n) is 11.6. The zero-order valence-corrected chi connectivity index (χ0v) is 11.6. The van der Waals surface area contributed by atoms with Crippen LogP contribution in [0.2, 0.25) is 0 Å². The van der Waals surface area contributed by atoms with Crippen LogP contribution in [0.3, 0.4) is 0 Å². The fourth-order valence-corrected chi connectivity index (χ4v) is 2.66. The van der Waals surface area contributed by atoms with Crippen molar-refractivity contribution in [1.82, 2.24) is 15.2 Å². The van der Waals surface area contributed by atoms with Crippen LogP contribution < -0.4 is 5.32 Å². The number of piperidine rings is 1. The lowest BCUT2D eigenvalue weighted by molar-refractivity contribution is -0.134. The van der Waals surface area contributed by atoms with Crippen LogP contribution >= 0.6 is 0 Å². The third-order valence-electron chi connectivity index (χ3n) is 3.73. The van der Waals surface area contributed by atoms with Crippen molar-refractivity contribution in [3.8, 4) is 0 Å². The first-order chi connectivity index (χ1) is 9.31. The summed E-state index contributed by atoms with van der Waals surface area (Å²) in [7, 11) is 0. The van der Waals surface area contributed by atoms with Gasteiger partial charge in [0.25, 0.3) is 0 Å². The van der Waals surface area contributed by atoms with Crippen molar-refractivity contribution in [3.05, 3.63) is 30.1 Å². The van der Waals surface area contributed by atoms with Gasteiger partial charge in [-0.1, -0.05) is 13.0 Å². The molecule has 0 saturated carbocycles. The standard InChI is InChI=1S/C15H23N3O/c1-2-14-8-4-6-10-18(14)15(19)12-16-11-13-7-3-5-9-17-13/h3,5,7,9,14,16H,2,4,6,8,10-12H2,1H3. The van der Waals surface area contributed by atoms with E-state index in [4.69, 9.17) is 0 Å². The molecule has 1 aromatic heterocycles. The minimum absolute atomic E-state index is 0.225. The molecule has 1 aliphatic heterocycles. The third-order valence-corrected chi connectivity index (χ3v) is 3.73. The predicted molar refractivity (Wildman–Crippen MR) is 75.6 cm³/mol. The van der Waals surface area contributed by atoms with Crippen molar-refractivity contribution >= 4 is 5.91 Å². The minimum Gasteiger partial charge on any atom is -0.339 e. The van der Waals surface area contributed by atoms with E-state index in [1.54, 1.807) is 6.20 Å². The van der Waals surface area contributed by atoms with E-state index in [9.17, 15) is 4.79 Å². The highest BCUT2D eigenvalue weighted by atomic mass is 16.2. The Bertz CT molecular complexity index is 394. The summed E-state index contributed by atoms with van der Waals surface area (Å²) in [6, 6.07) is 6.27. The van der Waals surface area contributed by atoms with Gasteiger partial charge in [-0.15, -0.1) is 0 Å². The van der Waals surface area contributed by atoms with Crippen molar-refractivity contribution in [1.29, 1.82) is 0 Å². The molecule has 1 fully saturated rings. The number of aromatic nitrogens is 1. The van der Waals surface area contributed by atoms with E-state index >= 15 is 0 Å². The van der Waals surface area contributed by atoms with E-state index in [2.05, 4.69) is 22.1 Å². The minimum atomic E-state index is 0.225. The fourth-order valence-electron chi connectivity index (χ4n) is 2.66. The van der Waals surface area contributed by atoms with E-state index in [0.717, 1.165) is 31.5 Å². The summed E-state index contributed by atoms with van der Waals surface area (Å²) in [5.74, 6) is 0.225. The first-order valence-corrected chi connectivity index (χ1v) is 7.21. The number of amides is 1. The smallest absolute Gasteiger partial charge is 0.236 e. The van der Waals surface area contributed by atoms with Gasteiger partial charge in [-0.3, -0.25) is 9.78 Å². The molecular formula is C15H23N3O. The monoisotopic (exact) mass is 261 g/mol. The number of nitrogens with zero attached hydrogens (tertiary/aromatic N) is 2. The maximum absolute atomic E-state index is 12.2. The van der Waals surface area contributed by atoms with Crippen molar-refractivity contribution < 1.29 is 4.79 Å². The number of rotatable bonds is 5. The molecule has 1 N–H and O–H groups in total. The van der Waals surface area contributed by atoms with Crippen LogP contribution in [0.5, 0.6) is 0 Å². The molecule has 4 nitrogen and oxygen atoms in total. The molecular weight excluding hydrogens is 238 g/mol. The van der Waals surface area contributed by atoms with Gasteiger partial charge in [0.05, 0.1) is 12.2 Å². The number of carbonyl (C=O) groups is 1. The Labute approximate surface area is 115 Å². The highest BCUT2D eigenvalue weighted by molar-refractivity contribution is 5.78. The number of hydrogen-bond acceptors (Lipinski definition) is 3. The van der Waals surface area contributed by atoms with E-state index in [1.165, 1.54) is 6.42 Å². The molecule has 1 atom stereocenters. The molecule has 0 aliphatic carbocycles. The summed E-state index contributed by atoms with van der Waals surface area (Å²) in [5.41, 5.74) is 0.973. The summed E-state index contributed by atoms with van der Waals surface area (Å²) < 4.78 is 0. The highest BCUT2D eigenvalue weighted by Crippen LogP contribution is 2.19. The van der Waals surface area contributed by atoms with Crippen molar-refractivity contribution in [3.63, 3.8) is 0 Å². The van der Waals surface area contributed by atoms with Gasteiger partial charge in [-0.05, 0) is 37.8 Å². The third kappa shape index (κ3) is 4.03. The van der Waals surface area contributed by atoms with Crippen LogP contribution in [0.4, 0.5) is 0 Å². The molecule has 0 aromatic carbocycles. The molecule has 19 heavy (non-hydrogen) atoms. The maximum Gasteiger partial charge on any atom is 0.236 e. The van der Waals surface area contributed by atoms with Crippen LogP contribution in [0.25, 0.3) is 0 Å². The molecule has 1 aliphatic rings. The fraction of sp³-hybridized carbons (Fsp3) is 0.600. The van der Waals surface area contributed by atoms with E-state index < -0.39 is 0 Å². The number of hydrogen-bond donors (Lipinski definition) is 1. The molecule has 1 saturated heterocycles. The first-order valence-electron chi connectivity index (χ1n) is 7.21. The second-order valence-electron chi connectivity index (χ2n) is 5.07. The molecule has 104 valence electrons. The molecule has 0 spiro atoms. The average Bonchev–Trinajstić information content (AvgIpc) is 2.48. The molecule has 1 amide bonds. The Hall–Kier alpha value is -1.42. The quantitative estimate of drug-likeness (QED) is 0.881. The summed E-state index contributed by atoms with van der Waals surface area (Å²) in [6.07, 6.45) is 6.39. The summed E-state index contributed by atoms with van der Waals surface area (Å²) in [5, 5.41) is 3.19. The zero-order chi connectivity index (χ0) is 13.5. The van der Waals surface area contributed by atoms with Crippen molar-refractivity contribution in [2.45, 2.75) is 45.2 Å². The second kappa shape index (κ2) is 7.24. The van der Waals surface area contributed by atoms with E-state index in [1.807, 2.05) is 18.2 Å². The lowest BCUT2D eigenvalue weighted by Crippen LogP contribution is -2.46. The summed E-state index contributed by atoms with van der Waals surface area (Å²) in [4.78, 5) is 18.5. The van der Waals surface area contributed by atoms with Gasteiger partial charge in [0.1, 0.15) is 0 Å². The second-order valence-corrected chi connectivity index (χ2v) is 5.07. The Balaban J connectivity index is 1.77. The Morgan fingerprint density at radius 2 is 2.37 bits per heavy atom. The van der Waals surface area contributed by atoms with Crippen LogP contribution in [-0.2, 0) is 11.3 Å². The van der Waals surface area contributed by atoms with Crippen molar-refractivity contribution in [2.24, 2.45) is 0 Å². The number of carbonyl (C=O) groups excluding carboxylic acids is 1. The van der Waals surface area contributed by atoms with E-state index in [0.29, 0.717) is 19.1 Å². The molecule has 1 aromatic rings. The van der Waals surface area contributed by atoms with Gasteiger partial charge in [0.2, 0.25) is 5.91 Å². The molecule has 0 bridgehead atoms. The van der Waals surface area contributed by atoms with Crippen molar-refractivity contribution in [2.75, 3.05) is 13.1 Å². The Kier molecular flexibility index (Phi) is 5.33. The molecule has 2 heterocycles. The topological polar surface area (TPSA) is 45.2 Å². The van der Waals surface area contributed by atoms with Gasteiger partial charge in [-0.2, -0.15) is 0 Å². The summed E-state index contributed by atoms with van der Waals surface area (Å²) >= 11 is 0. The Morgan fingerprint density at radius 1 is 1.47 bits per heavy atom. The van der Waals surface area contributed by atoms with Gasteiger partial charge in [0.15, 0.2) is 0 Å². The molecule has 2 rings (SSSR count). The Morgan fingerprint density at radius 3 is 3.11 bits per heavy atom. The predicted octanol–water partition coefficient (Wildman–Crippen LogP) is 1.96. The summed E-state index contributed by atoms with van der Waals surface area (Å²) in [6.45, 7) is 4.14. The SMILES string of the molecule is CCC1CCCCN1C(=O)CNCc1ccccn1. The highest BCUT2D eigenvalue weighted by Gasteiger charge is 2.24. The number of likely N-dealkylation sites (tertiary alicyclic amines) is 1. The lowest BCUT2D eigenvalue weighted by atomic mass is 10.00. The van der Waals surface area contributed by atoms with Gasteiger partial charge < -0.3 is 10.2 Å². The van der Waals surface area contributed by atoms with Gasteiger partial charge in [0, 0.05) is 25.3 Å². The maximum atomic E-state index is 12.2. The van der Waals surface area contributed by atoms with Crippen LogP contribution in [0.1, 0.15) is 38.3 Å². The van der Waals surface area contributed by atoms with E-state index in [-0.39, 0.29) is 5.91 Å². The number of pyridine rings is 1. The average molecular weight is 261 g/mol. The molecule has 1 unspecified atom stereocenters. The lowest BCUT2D eigenvalue weighted by Gasteiger charge is -2.35. The largest absolute Gasteiger partial charge is 0.339 e. The first kappa shape index (κ1) is 14.0. The van der Waals surface area contributed by atoms with Crippen LogP contribution in [-0.4, -0.2) is 34.9 Å². The van der Waals surface area contributed by atoms with Gasteiger partial charge in [-0.25, -0.2) is 0 Å².